The van der Waals surface area contributed by atoms with E-state index in [0.717, 1.165) is 30.8 Å². The van der Waals surface area contributed by atoms with Crippen LogP contribution in [0.3, 0.4) is 0 Å². The van der Waals surface area contributed by atoms with E-state index in [1.807, 2.05) is 31.2 Å². The van der Waals surface area contributed by atoms with Crippen molar-refractivity contribution < 1.29 is 14.9 Å². The molecule has 0 aliphatic rings. The highest BCUT2D eigenvalue weighted by Crippen LogP contribution is 2.15. The fourth-order valence-electron chi connectivity index (χ4n) is 2.07. The molecule has 0 bridgehead atoms. The molecule has 0 aliphatic carbocycles. The van der Waals surface area contributed by atoms with Gasteiger partial charge >= 0.3 is 0 Å². The first-order valence-electron chi connectivity index (χ1n) is 7.75. The zero-order valence-electron chi connectivity index (χ0n) is 12.7. The highest BCUT2D eigenvalue weighted by molar-refractivity contribution is 5.27. The number of rotatable bonds is 10. The minimum atomic E-state index is -0.634. The Kier molecular flexibility index (Phi) is 8.31. The normalized spacial score (nSPS) is 14.0. The van der Waals surface area contributed by atoms with Crippen LogP contribution in [0.5, 0.6) is 5.75 Å². The SMILES string of the molecule is CCCCCOc1ccc(CCC(O)C(O)CC)cc1. The van der Waals surface area contributed by atoms with E-state index in [-0.39, 0.29) is 0 Å². The Morgan fingerprint density at radius 3 is 2.30 bits per heavy atom. The van der Waals surface area contributed by atoms with Gasteiger partial charge in [-0.25, -0.2) is 0 Å². The third kappa shape index (κ3) is 6.40. The average molecular weight is 280 g/mol. The molecule has 3 heteroatoms. The Balaban J connectivity index is 2.31. The van der Waals surface area contributed by atoms with E-state index in [2.05, 4.69) is 6.92 Å². The third-order valence-corrected chi connectivity index (χ3v) is 3.53. The summed E-state index contributed by atoms with van der Waals surface area (Å²) in [6.45, 7) is 4.83. The molecule has 114 valence electrons. The quantitative estimate of drug-likeness (QED) is 0.646. The number of benzene rings is 1. The molecule has 0 aromatic heterocycles. The Morgan fingerprint density at radius 2 is 1.70 bits per heavy atom. The number of hydrogen-bond acceptors (Lipinski definition) is 3. The van der Waals surface area contributed by atoms with Gasteiger partial charge in [-0.05, 0) is 43.4 Å². The Labute approximate surface area is 122 Å². The van der Waals surface area contributed by atoms with Gasteiger partial charge in [0.25, 0.3) is 0 Å². The molecule has 0 fully saturated rings. The summed E-state index contributed by atoms with van der Waals surface area (Å²) in [5.74, 6) is 0.902. The molecule has 1 rings (SSSR count). The van der Waals surface area contributed by atoms with E-state index in [1.165, 1.54) is 12.8 Å². The third-order valence-electron chi connectivity index (χ3n) is 3.53. The van der Waals surface area contributed by atoms with Crippen molar-refractivity contribution in [2.45, 2.75) is 64.6 Å². The molecule has 0 saturated carbocycles. The van der Waals surface area contributed by atoms with Gasteiger partial charge in [-0.3, -0.25) is 0 Å². The molecule has 0 heterocycles. The van der Waals surface area contributed by atoms with Crippen molar-refractivity contribution in [2.24, 2.45) is 0 Å². The number of aliphatic hydroxyl groups is 2. The minimum absolute atomic E-state index is 0.589. The van der Waals surface area contributed by atoms with Gasteiger partial charge in [-0.2, -0.15) is 0 Å². The molecule has 0 amide bonds. The van der Waals surface area contributed by atoms with E-state index < -0.39 is 12.2 Å². The van der Waals surface area contributed by atoms with E-state index in [4.69, 9.17) is 4.74 Å². The second kappa shape index (κ2) is 9.78. The van der Waals surface area contributed by atoms with E-state index in [0.29, 0.717) is 12.8 Å². The molecule has 20 heavy (non-hydrogen) atoms. The van der Waals surface area contributed by atoms with E-state index in [1.54, 1.807) is 0 Å². The molecule has 0 spiro atoms. The first-order valence-corrected chi connectivity index (χ1v) is 7.75. The second-order valence-electron chi connectivity index (χ2n) is 5.28. The zero-order chi connectivity index (χ0) is 14.8. The molecule has 0 saturated heterocycles. The van der Waals surface area contributed by atoms with Crippen LogP contribution in [-0.2, 0) is 6.42 Å². The van der Waals surface area contributed by atoms with Crippen LogP contribution in [0.15, 0.2) is 24.3 Å². The van der Waals surface area contributed by atoms with E-state index >= 15 is 0 Å². The monoisotopic (exact) mass is 280 g/mol. The summed E-state index contributed by atoms with van der Waals surface area (Å²) < 4.78 is 5.65. The van der Waals surface area contributed by atoms with E-state index in [9.17, 15) is 10.2 Å². The lowest BCUT2D eigenvalue weighted by Gasteiger charge is -2.15. The van der Waals surface area contributed by atoms with Crippen LogP contribution < -0.4 is 4.74 Å². The van der Waals surface area contributed by atoms with Crippen molar-refractivity contribution in [3.05, 3.63) is 29.8 Å². The molecular formula is C17H28O3. The van der Waals surface area contributed by atoms with Crippen LogP contribution in [-0.4, -0.2) is 29.0 Å². The largest absolute Gasteiger partial charge is 0.494 e. The first-order chi connectivity index (χ1) is 9.67. The fourth-order valence-corrected chi connectivity index (χ4v) is 2.07. The maximum absolute atomic E-state index is 9.73. The lowest BCUT2D eigenvalue weighted by Crippen LogP contribution is -2.25. The number of hydrogen-bond donors (Lipinski definition) is 2. The molecule has 3 nitrogen and oxygen atoms in total. The number of unbranched alkanes of at least 4 members (excludes halogenated alkanes) is 2. The second-order valence-corrected chi connectivity index (χ2v) is 5.28. The van der Waals surface area contributed by atoms with Crippen LogP contribution in [0, 0.1) is 0 Å². The molecule has 0 aliphatic heterocycles. The maximum Gasteiger partial charge on any atom is 0.119 e. The van der Waals surface area contributed by atoms with Crippen molar-refractivity contribution >= 4 is 0 Å². The number of aliphatic hydroxyl groups excluding tert-OH is 2. The van der Waals surface area contributed by atoms with Crippen LogP contribution in [0.2, 0.25) is 0 Å². The summed E-state index contributed by atoms with van der Waals surface area (Å²) in [6.07, 6.45) is 4.20. The summed E-state index contributed by atoms with van der Waals surface area (Å²) in [4.78, 5) is 0. The molecule has 1 aromatic rings. The average Bonchev–Trinajstić information content (AvgIpc) is 2.49. The molecule has 1 aromatic carbocycles. The van der Waals surface area contributed by atoms with Gasteiger partial charge in [0.05, 0.1) is 18.8 Å². The predicted octanol–water partition coefficient (Wildman–Crippen LogP) is 3.32. The summed E-state index contributed by atoms with van der Waals surface area (Å²) in [5.41, 5.74) is 1.16. The van der Waals surface area contributed by atoms with Gasteiger partial charge in [0.15, 0.2) is 0 Å². The fraction of sp³-hybridized carbons (Fsp3) is 0.647. The van der Waals surface area contributed by atoms with Crippen molar-refractivity contribution in [1.82, 2.24) is 0 Å². The van der Waals surface area contributed by atoms with Crippen molar-refractivity contribution in [2.75, 3.05) is 6.61 Å². The van der Waals surface area contributed by atoms with Gasteiger partial charge in [-0.1, -0.05) is 38.8 Å². The van der Waals surface area contributed by atoms with Crippen LogP contribution in [0.25, 0.3) is 0 Å². The highest BCUT2D eigenvalue weighted by atomic mass is 16.5. The lowest BCUT2D eigenvalue weighted by atomic mass is 10.0. The smallest absolute Gasteiger partial charge is 0.119 e. The van der Waals surface area contributed by atoms with Crippen molar-refractivity contribution in [3.8, 4) is 5.75 Å². The molecule has 2 unspecified atom stereocenters. The van der Waals surface area contributed by atoms with Crippen LogP contribution in [0.4, 0.5) is 0 Å². The Bertz CT molecular complexity index is 348. The van der Waals surface area contributed by atoms with Crippen molar-refractivity contribution in [1.29, 1.82) is 0 Å². The number of ether oxygens (including phenoxy) is 1. The van der Waals surface area contributed by atoms with Crippen LogP contribution in [0.1, 0.15) is 51.5 Å². The van der Waals surface area contributed by atoms with Gasteiger partial charge < -0.3 is 14.9 Å². The predicted molar refractivity (Wildman–Crippen MR) is 82.1 cm³/mol. The zero-order valence-corrected chi connectivity index (χ0v) is 12.7. The maximum atomic E-state index is 9.73. The number of aryl methyl sites for hydroxylation is 1. The first kappa shape index (κ1) is 17.0. The lowest BCUT2D eigenvalue weighted by molar-refractivity contribution is 0.0130. The summed E-state index contributed by atoms with van der Waals surface area (Å²) in [6, 6.07) is 8.01. The van der Waals surface area contributed by atoms with Gasteiger partial charge in [0.2, 0.25) is 0 Å². The van der Waals surface area contributed by atoms with Gasteiger partial charge in [0.1, 0.15) is 5.75 Å². The van der Waals surface area contributed by atoms with Crippen LogP contribution >= 0.6 is 0 Å². The van der Waals surface area contributed by atoms with Crippen molar-refractivity contribution in [3.63, 3.8) is 0 Å². The molecule has 2 N–H and O–H groups in total. The Morgan fingerprint density at radius 1 is 1.00 bits per heavy atom. The van der Waals surface area contributed by atoms with Gasteiger partial charge in [-0.15, -0.1) is 0 Å². The summed E-state index contributed by atoms with van der Waals surface area (Å²) in [7, 11) is 0. The summed E-state index contributed by atoms with van der Waals surface area (Å²) in [5, 5.41) is 19.2. The molecular weight excluding hydrogens is 252 g/mol. The van der Waals surface area contributed by atoms with Gasteiger partial charge in [0, 0.05) is 0 Å². The highest BCUT2D eigenvalue weighted by Gasteiger charge is 2.13. The molecule has 0 radical (unpaired) electrons. The Hall–Kier alpha value is -1.06. The summed E-state index contributed by atoms with van der Waals surface area (Å²) >= 11 is 0. The minimum Gasteiger partial charge on any atom is -0.494 e. The topological polar surface area (TPSA) is 49.7 Å². The molecule has 2 atom stereocenters. The standard InChI is InChI=1S/C17H28O3/c1-3-5-6-13-20-15-10-7-14(8-11-15)9-12-17(19)16(18)4-2/h7-8,10-11,16-19H,3-6,9,12-13H2,1-2H3.